The lowest BCUT2D eigenvalue weighted by molar-refractivity contribution is 0.123. The van der Waals surface area contributed by atoms with E-state index >= 15 is 0 Å². The van der Waals surface area contributed by atoms with Gasteiger partial charge >= 0.3 is 0 Å². The van der Waals surface area contributed by atoms with Gasteiger partial charge in [-0.2, -0.15) is 0 Å². The van der Waals surface area contributed by atoms with Gasteiger partial charge in [-0.15, -0.1) is 0 Å². The summed E-state index contributed by atoms with van der Waals surface area (Å²) in [5.41, 5.74) is 1.28. The second kappa shape index (κ2) is 6.74. The molecule has 0 bridgehead atoms. The first-order valence-corrected chi connectivity index (χ1v) is 6.73. The van der Waals surface area contributed by atoms with Crippen LogP contribution in [-0.2, 0) is 4.74 Å². The number of methoxy groups -OCH3 is 1. The molecule has 1 nitrogen and oxygen atoms in total. The van der Waals surface area contributed by atoms with Crippen LogP contribution in [0, 0.1) is 16.6 Å². The van der Waals surface area contributed by atoms with Crippen LogP contribution in [-0.4, -0.2) is 12.9 Å². The third kappa shape index (κ3) is 5.81. The Labute approximate surface area is 109 Å². The number of hydrogen-bond acceptors (Lipinski definition) is 2. The Kier molecular flexibility index (Phi) is 5.61. The molecular formula is C15H20OS. The molecule has 0 saturated heterocycles. The van der Waals surface area contributed by atoms with Gasteiger partial charge in [0.1, 0.15) is 0 Å². The van der Waals surface area contributed by atoms with Crippen LogP contribution in [0.5, 0.6) is 0 Å². The summed E-state index contributed by atoms with van der Waals surface area (Å²) in [6, 6.07) is 10.3. The molecule has 0 unspecified atom stereocenters. The highest BCUT2D eigenvalue weighted by atomic mass is 32.2. The SMILES string of the molecule is CO[C@H](CSC#CC(C)(C)C)c1ccccc1. The first kappa shape index (κ1) is 14.2. The molecule has 0 amide bonds. The quantitative estimate of drug-likeness (QED) is 0.741. The van der Waals surface area contributed by atoms with Crippen molar-refractivity contribution < 1.29 is 4.74 Å². The van der Waals surface area contributed by atoms with Crippen LogP contribution in [0.1, 0.15) is 32.4 Å². The van der Waals surface area contributed by atoms with E-state index in [1.165, 1.54) is 5.56 Å². The molecule has 0 N–H and O–H groups in total. The predicted octanol–water partition coefficient (Wildman–Crippen LogP) is 4.11. The molecule has 0 aliphatic carbocycles. The van der Waals surface area contributed by atoms with Crippen molar-refractivity contribution in [3.8, 4) is 11.2 Å². The Morgan fingerprint density at radius 2 is 1.88 bits per heavy atom. The minimum atomic E-state index is 0.0717. The molecule has 1 rings (SSSR count). The first-order valence-electron chi connectivity index (χ1n) is 5.74. The Morgan fingerprint density at radius 1 is 1.24 bits per heavy atom. The third-order valence-electron chi connectivity index (χ3n) is 2.19. The number of rotatable bonds is 4. The van der Waals surface area contributed by atoms with Gasteiger partial charge in [0.25, 0.3) is 0 Å². The van der Waals surface area contributed by atoms with Crippen molar-refractivity contribution in [3.63, 3.8) is 0 Å². The van der Waals surface area contributed by atoms with E-state index in [2.05, 4.69) is 44.1 Å². The van der Waals surface area contributed by atoms with Crippen LogP contribution in [0.3, 0.4) is 0 Å². The lowest BCUT2D eigenvalue weighted by Gasteiger charge is -2.13. The molecule has 1 atom stereocenters. The molecule has 0 aromatic heterocycles. The summed E-state index contributed by atoms with van der Waals surface area (Å²) in [6.07, 6.45) is 0.121. The van der Waals surface area contributed by atoms with Crippen LogP contribution in [0.15, 0.2) is 30.3 Å². The fourth-order valence-electron chi connectivity index (χ4n) is 1.27. The van der Waals surface area contributed by atoms with Crippen LogP contribution >= 0.6 is 11.8 Å². The number of benzene rings is 1. The van der Waals surface area contributed by atoms with E-state index < -0.39 is 0 Å². The zero-order valence-corrected chi connectivity index (χ0v) is 11.8. The molecule has 1 aromatic rings. The average Bonchev–Trinajstić information content (AvgIpc) is 2.29. The predicted molar refractivity (Wildman–Crippen MR) is 75.9 cm³/mol. The zero-order chi connectivity index (χ0) is 12.7. The van der Waals surface area contributed by atoms with E-state index in [0.717, 1.165) is 5.75 Å². The third-order valence-corrected chi connectivity index (χ3v) is 2.90. The average molecular weight is 248 g/mol. The first-order chi connectivity index (χ1) is 8.03. The van der Waals surface area contributed by atoms with Crippen LogP contribution in [0.25, 0.3) is 0 Å². The Balaban J connectivity index is 2.51. The molecule has 0 aliphatic rings. The second-order valence-corrected chi connectivity index (χ2v) is 5.75. The molecule has 1 aromatic carbocycles. The fraction of sp³-hybridized carbons (Fsp3) is 0.467. The van der Waals surface area contributed by atoms with Crippen molar-refractivity contribution in [2.45, 2.75) is 26.9 Å². The number of ether oxygens (including phenoxy) is 1. The molecule has 0 aliphatic heterocycles. The standard InChI is InChI=1S/C15H20OS/c1-15(2,3)10-11-17-12-14(16-4)13-8-6-5-7-9-13/h5-9,14H,12H2,1-4H3/t14-/m1/s1. The second-order valence-electron chi connectivity index (χ2n) is 4.92. The van der Waals surface area contributed by atoms with E-state index in [-0.39, 0.29) is 11.5 Å². The van der Waals surface area contributed by atoms with E-state index in [1.807, 2.05) is 18.2 Å². The van der Waals surface area contributed by atoms with Gasteiger partial charge in [0.2, 0.25) is 0 Å². The van der Waals surface area contributed by atoms with Crippen molar-refractivity contribution in [1.29, 1.82) is 0 Å². The molecule has 0 fully saturated rings. The topological polar surface area (TPSA) is 9.23 Å². The molecule has 0 radical (unpaired) electrons. The maximum atomic E-state index is 5.48. The maximum Gasteiger partial charge on any atom is 0.0921 e. The van der Waals surface area contributed by atoms with Crippen molar-refractivity contribution in [3.05, 3.63) is 35.9 Å². The summed E-state index contributed by atoms with van der Waals surface area (Å²) in [5.74, 6) is 4.07. The fourth-order valence-corrected chi connectivity index (χ4v) is 2.22. The summed E-state index contributed by atoms with van der Waals surface area (Å²) in [7, 11) is 1.75. The Morgan fingerprint density at radius 3 is 2.41 bits per heavy atom. The highest BCUT2D eigenvalue weighted by Gasteiger charge is 2.09. The summed E-state index contributed by atoms with van der Waals surface area (Å²) in [4.78, 5) is 0. The maximum absolute atomic E-state index is 5.48. The number of thioether (sulfide) groups is 1. The summed E-state index contributed by atoms with van der Waals surface area (Å²) in [6.45, 7) is 6.35. The summed E-state index contributed by atoms with van der Waals surface area (Å²) < 4.78 is 5.48. The molecule has 0 spiro atoms. The minimum Gasteiger partial charge on any atom is -0.376 e. The lowest BCUT2D eigenvalue weighted by Crippen LogP contribution is -2.04. The van der Waals surface area contributed by atoms with Gasteiger partial charge in [-0.25, -0.2) is 0 Å². The van der Waals surface area contributed by atoms with Crippen molar-refractivity contribution in [2.75, 3.05) is 12.9 Å². The molecule has 17 heavy (non-hydrogen) atoms. The highest BCUT2D eigenvalue weighted by molar-refractivity contribution is 8.03. The lowest BCUT2D eigenvalue weighted by atomic mass is 9.99. The van der Waals surface area contributed by atoms with Gasteiger partial charge in [-0.1, -0.05) is 48.0 Å². The normalized spacial score (nSPS) is 12.7. The summed E-state index contributed by atoms with van der Waals surface area (Å²) in [5, 5.41) is 3.15. The van der Waals surface area contributed by atoms with E-state index in [9.17, 15) is 0 Å². The van der Waals surface area contributed by atoms with Gasteiger partial charge in [-0.3, -0.25) is 0 Å². The van der Waals surface area contributed by atoms with Gasteiger partial charge in [0.05, 0.1) is 6.10 Å². The van der Waals surface area contributed by atoms with Crippen molar-refractivity contribution in [1.82, 2.24) is 0 Å². The molecule has 2 heteroatoms. The van der Waals surface area contributed by atoms with Gasteiger partial charge in [0.15, 0.2) is 0 Å². The zero-order valence-electron chi connectivity index (χ0n) is 11.0. The Bertz CT molecular complexity index is 381. The minimum absolute atomic E-state index is 0.0717. The smallest absolute Gasteiger partial charge is 0.0921 e. The van der Waals surface area contributed by atoms with Crippen molar-refractivity contribution >= 4 is 11.8 Å². The van der Waals surface area contributed by atoms with Crippen LogP contribution < -0.4 is 0 Å². The van der Waals surface area contributed by atoms with Gasteiger partial charge in [0, 0.05) is 18.3 Å². The van der Waals surface area contributed by atoms with Crippen LogP contribution in [0.2, 0.25) is 0 Å². The van der Waals surface area contributed by atoms with E-state index in [4.69, 9.17) is 4.74 Å². The van der Waals surface area contributed by atoms with E-state index in [0.29, 0.717) is 0 Å². The molecule has 0 heterocycles. The van der Waals surface area contributed by atoms with Crippen LogP contribution in [0.4, 0.5) is 0 Å². The molecule has 92 valence electrons. The largest absolute Gasteiger partial charge is 0.376 e. The highest BCUT2D eigenvalue weighted by Crippen LogP contribution is 2.21. The molecular weight excluding hydrogens is 228 g/mol. The summed E-state index contributed by atoms with van der Waals surface area (Å²) >= 11 is 1.62. The van der Waals surface area contributed by atoms with Gasteiger partial charge in [-0.05, 0) is 31.6 Å². The monoisotopic (exact) mass is 248 g/mol. The van der Waals surface area contributed by atoms with Crippen molar-refractivity contribution in [2.24, 2.45) is 5.41 Å². The van der Waals surface area contributed by atoms with E-state index in [1.54, 1.807) is 18.9 Å². The molecule has 0 saturated carbocycles. The Hall–Kier alpha value is -0.910. The number of hydrogen-bond donors (Lipinski definition) is 0. The van der Waals surface area contributed by atoms with Gasteiger partial charge < -0.3 is 4.74 Å².